The van der Waals surface area contributed by atoms with E-state index in [1.54, 1.807) is 0 Å². The Bertz CT molecular complexity index is 624. The molecule has 3 nitrogen and oxygen atoms in total. The predicted molar refractivity (Wildman–Crippen MR) is 114 cm³/mol. The molecule has 0 N–H and O–H groups in total. The Kier molecular flexibility index (Phi) is 8.24. The number of unbranched alkanes of at least 4 members (excludes halogenated alkanes) is 6. The maximum absolute atomic E-state index is 11.4. The smallest absolute Gasteiger partial charge is 0.343 e. The fourth-order valence-corrected chi connectivity index (χ4v) is 5.43. The van der Waals surface area contributed by atoms with Crippen LogP contribution in [0.25, 0.3) is 0 Å². The lowest BCUT2D eigenvalue weighted by atomic mass is 9.73. The summed E-state index contributed by atoms with van der Waals surface area (Å²) >= 11 is 0. The van der Waals surface area contributed by atoms with Crippen LogP contribution in [0.2, 0.25) is 0 Å². The standard InChI is InChI=1S/C25H38O3/c1-3-4-5-6-7-8-9-11-19-14-15-21-17-23-20(16-22(19)21)12-10-13-24(23)28-18-25(26)27-2/h10,12-13,19,21-22H,3-9,11,14-18H2,1-2H3/t19-,21?,22?/m0/s1. The molecule has 0 saturated heterocycles. The lowest BCUT2D eigenvalue weighted by molar-refractivity contribution is -0.142. The molecule has 0 heterocycles. The summed E-state index contributed by atoms with van der Waals surface area (Å²) in [5.41, 5.74) is 2.78. The fraction of sp³-hybridized carbons (Fsp3) is 0.720. The third kappa shape index (κ3) is 5.52. The van der Waals surface area contributed by atoms with E-state index in [0.29, 0.717) is 0 Å². The summed E-state index contributed by atoms with van der Waals surface area (Å²) in [5.74, 6) is 3.13. The van der Waals surface area contributed by atoms with Gasteiger partial charge < -0.3 is 9.47 Å². The number of rotatable bonds is 11. The Morgan fingerprint density at radius 3 is 2.61 bits per heavy atom. The van der Waals surface area contributed by atoms with Crippen LogP contribution >= 0.6 is 0 Å². The van der Waals surface area contributed by atoms with Gasteiger partial charge >= 0.3 is 5.97 Å². The molecule has 3 heteroatoms. The number of fused-ring (bicyclic) bond motifs is 2. The van der Waals surface area contributed by atoms with Crippen molar-refractivity contribution in [1.82, 2.24) is 0 Å². The molecule has 1 aromatic carbocycles. The van der Waals surface area contributed by atoms with Gasteiger partial charge in [0.1, 0.15) is 5.75 Å². The molecule has 0 radical (unpaired) electrons. The molecule has 0 spiro atoms. The van der Waals surface area contributed by atoms with E-state index in [0.717, 1.165) is 29.9 Å². The Hall–Kier alpha value is -1.51. The van der Waals surface area contributed by atoms with Gasteiger partial charge in [-0.05, 0) is 60.6 Å². The van der Waals surface area contributed by atoms with Gasteiger partial charge in [0.2, 0.25) is 0 Å². The molecule has 2 aliphatic rings. The van der Waals surface area contributed by atoms with E-state index in [-0.39, 0.29) is 12.6 Å². The Morgan fingerprint density at radius 1 is 1.04 bits per heavy atom. The zero-order valence-corrected chi connectivity index (χ0v) is 17.9. The number of hydrogen-bond acceptors (Lipinski definition) is 3. The van der Waals surface area contributed by atoms with Crippen molar-refractivity contribution in [3.8, 4) is 5.75 Å². The molecule has 1 saturated carbocycles. The number of esters is 1. The van der Waals surface area contributed by atoms with E-state index in [1.807, 2.05) is 6.07 Å². The van der Waals surface area contributed by atoms with Crippen LogP contribution in [-0.4, -0.2) is 19.7 Å². The number of hydrogen-bond donors (Lipinski definition) is 0. The second-order valence-corrected chi connectivity index (χ2v) is 8.84. The fourth-order valence-electron chi connectivity index (χ4n) is 5.43. The highest BCUT2D eigenvalue weighted by molar-refractivity contribution is 5.71. The summed E-state index contributed by atoms with van der Waals surface area (Å²) in [4.78, 5) is 11.4. The number of carbonyl (C=O) groups excluding carboxylic acids is 1. The highest BCUT2D eigenvalue weighted by atomic mass is 16.6. The molecule has 1 aromatic rings. The van der Waals surface area contributed by atoms with Crippen molar-refractivity contribution in [1.29, 1.82) is 0 Å². The number of ether oxygens (including phenoxy) is 2. The summed E-state index contributed by atoms with van der Waals surface area (Å²) in [6.45, 7) is 2.29. The van der Waals surface area contributed by atoms with E-state index in [1.165, 1.54) is 88.9 Å². The molecule has 1 fully saturated rings. The zero-order valence-electron chi connectivity index (χ0n) is 17.9. The van der Waals surface area contributed by atoms with Crippen LogP contribution in [0.4, 0.5) is 0 Å². The summed E-state index contributed by atoms with van der Waals surface area (Å²) in [6.07, 6.45) is 16.3. The highest BCUT2D eigenvalue weighted by Gasteiger charge is 2.39. The third-order valence-electron chi connectivity index (χ3n) is 7.02. The topological polar surface area (TPSA) is 35.5 Å². The highest BCUT2D eigenvalue weighted by Crippen LogP contribution is 2.48. The van der Waals surface area contributed by atoms with Crippen LogP contribution < -0.4 is 4.74 Å². The van der Waals surface area contributed by atoms with E-state index < -0.39 is 0 Å². The second-order valence-electron chi connectivity index (χ2n) is 8.84. The van der Waals surface area contributed by atoms with Crippen LogP contribution in [0.15, 0.2) is 18.2 Å². The first kappa shape index (κ1) is 21.2. The summed E-state index contributed by atoms with van der Waals surface area (Å²) < 4.78 is 10.5. The molecule has 0 amide bonds. The minimum absolute atomic E-state index is 0.00191. The van der Waals surface area contributed by atoms with Gasteiger partial charge in [-0.25, -0.2) is 4.79 Å². The van der Waals surface area contributed by atoms with Crippen molar-refractivity contribution in [3.05, 3.63) is 29.3 Å². The summed E-state index contributed by atoms with van der Waals surface area (Å²) in [7, 11) is 1.40. The van der Waals surface area contributed by atoms with E-state index >= 15 is 0 Å². The monoisotopic (exact) mass is 386 g/mol. The van der Waals surface area contributed by atoms with Gasteiger partial charge in [0.15, 0.2) is 6.61 Å². The van der Waals surface area contributed by atoms with Crippen molar-refractivity contribution < 1.29 is 14.3 Å². The molecular formula is C25H38O3. The molecule has 3 atom stereocenters. The number of carbonyl (C=O) groups is 1. The van der Waals surface area contributed by atoms with Crippen molar-refractivity contribution in [3.63, 3.8) is 0 Å². The van der Waals surface area contributed by atoms with Crippen molar-refractivity contribution in [2.45, 2.75) is 84.0 Å². The van der Waals surface area contributed by atoms with Gasteiger partial charge in [-0.3, -0.25) is 0 Å². The lowest BCUT2D eigenvalue weighted by Crippen LogP contribution is -2.26. The molecule has 0 aromatic heterocycles. The van der Waals surface area contributed by atoms with Crippen molar-refractivity contribution >= 4 is 5.97 Å². The first-order chi connectivity index (χ1) is 13.7. The van der Waals surface area contributed by atoms with E-state index in [4.69, 9.17) is 9.47 Å². The first-order valence-electron chi connectivity index (χ1n) is 11.5. The third-order valence-corrected chi connectivity index (χ3v) is 7.02. The summed E-state index contributed by atoms with van der Waals surface area (Å²) in [5, 5.41) is 0. The largest absolute Gasteiger partial charge is 0.482 e. The maximum Gasteiger partial charge on any atom is 0.343 e. The number of benzene rings is 1. The minimum Gasteiger partial charge on any atom is -0.482 e. The Labute approximate surface area is 171 Å². The van der Waals surface area contributed by atoms with Crippen LogP contribution in [0.3, 0.4) is 0 Å². The van der Waals surface area contributed by atoms with Crippen LogP contribution in [0.1, 0.15) is 82.3 Å². The van der Waals surface area contributed by atoms with E-state index in [2.05, 4.69) is 19.1 Å². The van der Waals surface area contributed by atoms with Crippen molar-refractivity contribution in [2.24, 2.45) is 17.8 Å². The van der Waals surface area contributed by atoms with Gasteiger partial charge in [0.05, 0.1) is 7.11 Å². The van der Waals surface area contributed by atoms with E-state index in [9.17, 15) is 4.79 Å². The average molecular weight is 387 g/mol. The van der Waals surface area contributed by atoms with Gasteiger partial charge in [-0.15, -0.1) is 0 Å². The van der Waals surface area contributed by atoms with Crippen molar-refractivity contribution in [2.75, 3.05) is 13.7 Å². The maximum atomic E-state index is 11.4. The molecular weight excluding hydrogens is 348 g/mol. The molecule has 2 unspecified atom stereocenters. The second kappa shape index (κ2) is 10.9. The van der Waals surface area contributed by atoms with Crippen LogP contribution in [0.5, 0.6) is 5.75 Å². The van der Waals surface area contributed by atoms with Gasteiger partial charge in [-0.2, -0.15) is 0 Å². The molecule has 2 aliphatic carbocycles. The Morgan fingerprint density at radius 2 is 1.82 bits per heavy atom. The zero-order chi connectivity index (χ0) is 19.8. The lowest BCUT2D eigenvalue weighted by Gasteiger charge is -2.32. The molecule has 0 bridgehead atoms. The predicted octanol–water partition coefficient (Wildman–Crippen LogP) is 6.12. The van der Waals surface area contributed by atoms with Gasteiger partial charge in [0, 0.05) is 0 Å². The first-order valence-corrected chi connectivity index (χ1v) is 11.5. The molecule has 3 rings (SSSR count). The number of methoxy groups -OCH3 is 1. The molecule has 156 valence electrons. The molecule has 28 heavy (non-hydrogen) atoms. The average Bonchev–Trinajstić information content (AvgIpc) is 3.11. The normalized spacial score (nSPS) is 23.1. The molecule has 0 aliphatic heterocycles. The Balaban J connectivity index is 1.50. The van der Waals surface area contributed by atoms with Crippen LogP contribution in [0, 0.1) is 17.8 Å². The SMILES string of the molecule is CCCCCCCCC[C@H]1CCC2Cc3c(cccc3OCC(=O)OC)CC21. The summed E-state index contributed by atoms with van der Waals surface area (Å²) in [6, 6.07) is 6.35. The van der Waals surface area contributed by atoms with Gasteiger partial charge in [0.25, 0.3) is 0 Å². The van der Waals surface area contributed by atoms with Gasteiger partial charge in [-0.1, -0.05) is 70.4 Å². The minimum atomic E-state index is -0.318. The quantitative estimate of drug-likeness (QED) is 0.339. The van der Waals surface area contributed by atoms with Crippen LogP contribution in [-0.2, 0) is 22.4 Å².